The van der Waals surface area contributed by atoms with E-state index in [0.717, 1.165) is 9.80 Å². The van der Waals surface area contributed by atoms with Crippen molar-refractivity contribution in [1.82, 2.24) is 4.90 Å². The van der Waals surface area contributed by atoms with E-state index < -0.39 is 30.9 Å². The number of primary amides is 1. The molecule has 0 aliphatic rings. The van der Waals surface area contributed by atoms with Gasteiger partial charge in [0.1, 0.15) is 12.4 Å². The van der Waals surface area contributed by atoms with Gasteiger partial charge in [-0.25, -0.2) is 4.39 Å². The van der Waals surface area contributed by atoms with E-state index in [1.54, 1.807) is 12.1 Å². The van der Waals surface area contributed by atoms with Gasteiger partial charge in [-0.05, 0) is 24.3 Å². The number of carboxylic acid groups (broad SMARTS) is 1. The van der Waals surface area contributed by atoms with Gasteiger partial charge in [-0.1, -0.05) is 0 Å². The summed E-state index contributed by atoms with van der Waals surface area (Å²) >= 11 is 1.33. The molecule has 114 valence electrons. The third-order valence-electron chi connectivity index (χ3n) is 2.42. The molecule has 0 radical (unpaired) electrons. The van der Waals surface area contributed by atoms with Gasteiger partial charge in [0.15, 0.2) is 0 Å². The van der Waals surface area contributed by atoms with Crippen LogP contribution < -0.4 is 5.73 Å². The number of thioether (sulfide) groups is 1. The second-order valence-corrected chi connectivity index (χ2v) is 5.33. The number of hydrogen-bond acceptors (Lipinski definition) is 4. The van der Waals surface area contributed by atoms with Crippen LogP contribution in [0.4, 0.5) is 4.39 Å². The number of carbonyl (C=O) groups is 3. The predicted molar refractivity (Wildman–Crippen MR) is 75.2 cm³/mol. The Morgan fingerprint density at radius 1 is 1.19 bits per heavy atom. The molecule has 21 heavy (non-hydrogen) atoms. The lowest BCUT2D eigenvalue weighted by Crippen LogP contribution is -2.41. The molecule has 2 amide bonds. The van der Waals surface area contributed by atoms with Gasteiger partial charge in [0.2, 0.25) is 11.8 Å². The fraction of sp³-hybridized carbons (Fsp3) is 0.308. The maximum atomic E-state index is 12.7. The Kier molecular flexibility index (Phi) is 6.67. The Morgan fingerprint density at radius 2 is 1.81 bits per heavy atom. The maximum absolute atomic E-state index is 12.7. The fourth-order valence-corrected chi connectivity index (χ4v) is 2.37. The van der Waals surface area contributed by atoms with Gasteiger partial charge in [0, 0.05) is 17.1 Å². The molecule has 8 heteroatoms. The molecule has 0 unspecified atom stereocenters. The quantitative estimate of drug-likeness (QED) is 0.688. The van der Waals surface area contributed by atoms with E-state index >= 15 is 0 Å². The molecule has 1 rings (SSSR count). The largest absolute Gasteiger partial charge is 0.480 e. The van der Waals surface area contributed by atoms with Crippen LogP contribution in [-0.4, -0.2) is 46.6 Å². The number of aliphatic carboxylic acids is 1. The topological polar surface area (TPSA) is 101 Å². The van der Waals surface area contributed by atoms with Gasteiger partial charge >= 0.3 is 5.97 Å². The van der Waals surface area contributed by atoms with Crippen molar-refractivity contribution < 1.29 is 23.9 Å². The first-order valence-corrected chi connectivity index (χ1v) is 7.03. The van der Waals surface area contributed by atoms with Crippen molar-refractivity contribution in [3.63, 3.8) is 0 Å². The van der Waals surface area contributed by atoms with Gasteiger partial charge < -0.3 is 15.7 Å². The molecule has 0 heterocycles. The van der Waals surface area contributed by atoms with Crippen LogP contribution in [0.3, 0.4) is 0 Å². The summed E-state index contributed by atoms with van der Waals surface area (Å²) in [5.41, 5.74) is 4.97. The van der Waals surface area contributed by atoms with Crippen LogP contribution in [0.1, 0.15) is 6.42 Å². The first-order chi connectivity index (χ1) is 9.88. The molecule has 0 bridgehead atoms. The first kappa shape index (κ1) is 17.0. The van der Waals surface area contributed by atoms with Crippen molar-refractivity contribution in [2.75, 3.05) is 18.8 Å². The standard InChI is InChI=1S/C13H15FN2O4S/c14-9-1-3-10(4-2-9)21-6-5-12(18)16(7-11(15)17)8-13(19)20/h1-4H,5-8H2,(H2,15,17)(H,19,20). The number of halogens is 1. The normalized spacial score (nSPS) is 10.1. The molecule has 3 N–H and O–H groups in total. The molecule has 6 nitrogen and oxygen atoms in total. The van der Waals surface area contributed by atoms with Crippen LogP contribution in [0, 0.1) is 5.82 Å². The smallest absolute Gasteiger partial charge is 0.323 e. The van der Waals surface area contributed by atoms with Crippen molar-refractivity contribution in [2.45, 2.75) is 11.3 Å². The lowest BCUT2D eigenvalue weighted by atomic mass is 10.3. The maximum Gasteiger partial charge on any atom is 0.323 e. The van der Waals surface area contributed by atoms with Crippen molar-refractivity contribution >= 4 is 29.5 Å². The number of hydrogen-bond donors (Lipinski definition) is 2. The zero-order chi connectivity index (χ0) is 15.8. The average molecular weight is 314 g/mol. The van der Waals surface area contributed by atoms with E-state index in [2.05, 4.69) is 0 Å². The molecular formula is C13H15FN2O4S. The highest BCUT2D eigenvalue weighted by atomic mass is 32.2. The zero-order valence-electron chi connectivity index (χ0n) is 11.1. The third kappa shape index (κ3) is 6.75. The highest BCUT2D eigenvalue weighted by molar-refractivity contribution is 7.99. The number of amides is 2. The number of rotatable bonds is 8. The predicted octanol–water partition coefficient (Wildman–Crippen LogP) is 0.706. The summed E-state index contributed by atoms with van der Waals surface area (Å²) in [6.45, 7) is -0.991. The molecule has 0 aliphatic heterocycles. The summed E-state index contributed by atoms with van der Waals surface area (Å²) in [5, 5.41) is 8.69. The van der Waals surface area contributed by atoms with Gasteiger partial charge in [-0.15, -0.1) is 11.8 Å². The van der Waals surface area contributed by atoms with E-state index in [9.17, 15) is 18.8 Å². The van der Waals surface area contributed by atoms with Crippen LogP contribution in [0.15, 0.2) is 29.2 Å². The molecule has 0 saturated carbocycles. The summed E-state index contributed by atoms with van der Waals surface area (Å²) < 4.78 is 12.7. The van der Waals surface area contributed by atoms with E-state index in [0.29, 0.717) is 5.75 Å². The lowest BCUT2D eigenvalue weighted by molar-refractivity contribution is -0.145. The SMILES string of the molecule is NC(=O)CN(CC(=O)O)C(=O)CCSc1ccc(F)cc1. The minimum atomic E-state index is -1.21. The van der Waals surface area contributed by atoms with E-state index in [1.807, 2.05) is 0 Å². The second kappa shape index (κ2) is 8.25. The minimum Gasteiger partial charge on any atom is -0.480 e. The Bertz CT molecular complexity index is 505. The van der Waals surface area contributed by atoms with E-state index in [-0.39, 0.29) is 12.2 Å². The monoisotopic (exact) mass is 314 g/mol. The number of carbonyl (C=O) groups excluding carboxylic acids is 2. The molecule has 0 spiro atoms. The summed E-state index contributed by atoms with van der Waals surface area (Å²) in [4.78, 5) is 35.0. The molecule has 0 aliphatic carbocycles. The molecule has 1 aromatic rings. The van der Waals surface area contributed by atoms with Crippen molar-refractivity contribution in [2.24, 2.45) is 5.73 Å². The molecule has 0 atom stereocenters. The zero-order valence-corrected chi connectivity index (χ0v) is 11.9. The summed E-state index contributed by atoms with van der Waals surface area (Å²) in [7, 11) is 0. The summed E-state index contributed by atoms with van der Waals surface area (Å²) in [6, 6.07) is 5.80. The van der Waals surface area contributed by atoms with Gasteiger partial charge in [-0.3, -0.25) is 14.4 Å². The lowest BCUT2D eigenvalue weighted by Gasteiger charge is -2.18. The van der Waals surface area contributed by atoms with Crippen LogP contribution in [0.5, 0.6) is 0 Å². The van der Waals surface area contributed by atoms with E-state index in [1.165, 1.54) is 23.9 Å². The number of nitrogens with two attached hydrogens (primary N) is 1. The third-order valence-corrected chi connectivity index (χ3v) is 3.44. The van der Waals surface area contributed by atoms with Crippen molar-refractivity contribution in [3.05, 3.63) is 30.1 Å². The number of carboxylic acids is 1. The number of nitrogens with zero attached hydrogens (tertiary/aromatic N) is 1. The van der Waals surface area contributed by atoms with Gasteiger partial charge in [0.05, 0.1) is 6.54 Å². The van der Waals surface area contributed by atoms with Crippen LogP contribution in [0.2, 0.25) is 0 Å². The minimum absolute atomic E-state index is 0.0581. The number of benzene rings is 1. The Labute approximate surface area is 125 Å². The molecular weight excluding hydrogens is 299 g/mol. The van der Waals surface area contributed by atoms with E-state index in [4.69, 9.17) is 10.8 Å². The second-order valence-electron chi connectivity index (χ2n) is 4.16. The van der Waals surface area contributed by atoms with Crippen molar-refractivity contribution in [3.8, 4) is 0 Å². The first-order valence-electron chi connectivity index (χ1n) is 6.04. The Balaban J connectivity index is 2.47. The van der Waals surface area contributed by atoms with Crippen molar-refractivity contribution in [1.29, 1.82) is 0 Å². The average Bonchev–Trinajstić information content (AvgIpc) is 2.39. The summed E-state index contributed by atoms with van der Waals surface area (Å²) in [5.74, 6) is -2.40. The Hall–Kier alpha value is -2.09. The molecule has 0 fully saturated rings. The Morgan fingerprint density at radius 3 is 2.33 bits per heavy atom. The summed E-state index contributed by atoms with van der Waals surface area (Å²) in [6.07, 6.45) is 0.0581. The fourth-order valence-electron chi connectivity index (χ4n) is 1.53. The van der Waals surface area contributed by atoms with Gasteiger partial charge in [0.25, 0.3) is 0 Å². The highest BCUT2D eigenvalue weighted by Crippen LogP contribution is 2.19. The van der Waals surface area contributed by atoms with Gasteiger partial charge in [-0.2, -0.15) is 0 Å². The highest BCUT2D eigenvalue weighted by Gasteiger charge is 2.18. The van der Waals surface area contributed by atoms with Crippen LogP contribution >= 0.6 is 11.8 Å². The van der Waals surface area contributed by atoms with Crippen LogP contribution in [0.25, 0.3) is 0 Å². The molecule has 0 saturated heterocycles. The van der Waals surface area contributed by atoms with Crippen LogP contribution in [-0.2, 0) is 14.4 Å². The molecule has 0 aromatic heterocycles. The molecule has 1 aromatic carbocycles.